The number of rotatable bonds is 4. The molecular formula is C17H22N2O2. The van der Waals surface area contributed by atoms with Crippen LogP contribution < -0.4 is 5.32 Å². The highest BCUT2D eigenvalue weighted by atomic mass is 16.2. The van der Waals surface area contributed by atoms with Gasteiger partial charge >= 0.3 is 0 Å². The molecule has 3 rings (SSSR count). The summed E-state index contributed by atoms with van der Waals surface area (Å²) in [5, 5.41) is 3.06. The van der Waals surface area contributed by atoms with E-state index in [0.29, 0.717) is 6.54 Å². The number of carbonyl (C=O) groups excluding carboxylic acids is 2. The predicted molar refractivity (Wildman–Crippen MR) is 81.5 cm³/mol. The van der Waals surface area contributed by atoms with Gasteiger partial charge in [0.25, 0.3) is 0 Å². The highest BCUT2D eigenvalue weighted by molar-refractivity contribution is 5.93. The second kappa shape index (κ2) is 5.51. The highest BCUT2D eigenvalue weighted by Gasteiger charge is 2.48. The zero-order valence-electron chi connectivity index (χ0n) is 12.6. The van der Waals surface area contributed by atoms with E-state index in [1.165, 1.54) is 6.42 Å². The van der Waals surface area contributed by atoms with Crippen molar-refractivity contribution in [3.05, 3.63) is 29.8 Å². The lowest BCUT2D eigenvalue weighted by Crippen LogP contribution is -2.25. The lowest BCUT2D eigenvalue weighted by atomic mass is 10.0. The molecular weight excluding hydrogens is 264 g/mol. The molecule has 2 unspecified atom stereocenters. The summed E-state index contributed by atoms with van der Waals surface area (Å²) in [7, 11) is 1.77. The molecule has 21 heavy (non-hydrogen) atoms. The minimum Gasteiger partial charge on any atom is -0.342 e. The number of nitrogens with zero attached hydrogens (tertiary/aromatic N) is 1. The van der Waals surface area contributed by atoms with Gasteiger partial charge in [0.1, 0.15) is 0 Å². The predicted octanol–water partition coefficient (Wildman–Crippen LogP) is 2.65. The third-order valence-electron chi connectivity index (χ3n) is 4.83. The number of para-hydroxylation sites is 1. The Bertz CT molecular complexity index is 560. The third kappa shape index (κ3) is 3.09. The maximum absolute atomic E-state index is 12.4. The zero-order chi connectivity index (χ0) is 15.0. The Morgan fingerprint density at radius 2 is 1.86 bits per heavy atom. The molecule has 0 saturated heterocycles. The Hall–Kier alpha value is -1.84. The number of hydrogen-bond donors (Lipinski definition) is 1. The molecule has 0 heterocycles. The van der Waals surface area contributed by atoms with Gasteiger partial charge < -0.3 is 10.2 Å². The van der Waals surface area contributed by atoms with E-state index in [1.54, 1.807) is 18.9 Å². The SMILES string of the molecule is CC(=O)N(C)Cc1ccccc1NC(=O)C1CC2CC2C1. The molecule has 0 aliphatic heterocycles. The van der Waals surface area contributed by atoms with Crippen molar-refractivity contribution >= 4 is 17.5 Å². The van der Waals surface area contributed by atoms with Gasteiger partial charge in [-0.05, 0) is 42.7 Å². The Morgan fingerprint density at radius 1 is 1.19 bits per heavy atom. The summed E-state index contributed by atoms with van der Waals surface area (Å²) in [6.07, 6.45) is 3.42. The summed E-state index contributed by atoms with van der Waals surface area (Å²) in [5.41, 5.74) is 1.81. The van der Waals surface area contributed by atoms with E-state index >= 15 is 0 Å². The summed E-state index contributed by atoms with van der Waals surface area (Å²) >= 11 is 0. The van der Waals surface area contributed by atoms with E-state index in [4.69, 9.17) is 0 Å². The van der Waals surface area contributed by atoms with Crippen molar-refractivity contribution in [2.75, 3.05) is 12.4 Å². The van der Waals surface area contributed by atoms with Crippen molar-refractivity contribution in [2.24, 2.45) is 17.8 Å². The topological polar surface area (TPSA) is 49.4 Å². The fraction of sp³-hybridized carbons (Fsp3) is 0.529. The van der Waals surface area contributed by atoms with Gasteiger partial charge in [0, 0.05) is 32.1 Å². The highest BCUT2D eigenvalue weighted by Crippen LogP contribution is 2.54. The Kier molecular flexibility index (Phi) is 3.70. The average molecular weight is 286 g/mol. The number of carbonyl (C=O) groups is 2. The molecule has 0 bridgehead atoms. The summed E-state index contributed by atoms with van der Waals surface area (Å²) in [6.45, 7) is 2.06. The molecule has 112 valence electrons. The van der Waals surface area contributed by atoms with Crippen LogP contribution in [0.2, 0.25) is 0 Å². The zero-order valence-corrected chi connectivity index (χ0v) is 12.6. The molecule has 2 atom stereocenters. The van der Waals surface area contributed by atoms with E-state index in [9.17, 15) is 9.59 Å². The van der Waals surface area contributed by atoms with Crippen LogP contribution in [0.5, 0.6) is 0 Å². The Labute approximate surface area is 125 Å². The van der Waals surface area contributed by atoms with E-state index in [-0.39, 0.29) is 17.7 Å². The van der Waals surface area contributed by atoms with Crippen LogP contribution in [-0.4, -0.2) is 23.8 Å². The fourth-order valence-corrected chi connectivity index (χ4v) is 3.31. The molecule has 4 heteroatoms. The van der Waals surface area contributed by atoms with Crippen LogP contribution in [0.25, 0.3) is 0 Å². The van der Waals surface area contributed by atoms with Crippen molar-refractivity contribution in [2.45, 2.75) is 32.7 Å². The van der Waals surface area contributed by atoms with Crippen molar-refractivity contribution in [3.8, 4) is 0 Å². The molecule has 1 aromatic carbocycles. The van der Waals surface area contributed by atoms with Crippen LogP contribution in [0.4, 0.5) is 5.69 Å². The first kappa shape index (κ1) is 14.1. The van der Waals surface area contributed by atoms with Gasteiger partial charge in [0.2, 0.25) is 11.8 Å². The van der Waals surface area contributed by atoms with E-state index in [2.05, 4.69) is 5.32 Å². The summed E-state index contributed by atoms with van der Waals surface area (Å²) in [6, 6.07) is 7.72. The minimum atomic E-state index is 0.0204. The molecule has 2 saturated carbocycles. The number of amides is 2. The van der Waals surface area contributed by atoms with E-state index in [1.807, 2.05) is 24.3 Å². The number of fused-ring (bicyclic) bond motifs is 1. The van der Waals surface area contributed by atoms with Gasteiger partial charge in [-0.1, -0.05) is 18.2 Å². The quantitative estimate of drug-likeness (QED) is 0.925. The maximum atomic E-state index is 12.4. The first-order valence-corrected chi connectivity index (χ1v) is 7.65. The van der Waals surface area contributed by atoms with E-state index < -0.39 is 0 Å². The third-order valence-corrected chi connectivity index (χ3v) is 4.83. The van der Waals surface area contributed by atoms with Gasteiger partial charge in [-0.25, -0.2) is 0 Å². The molecule has 2 aliphatic rings. The summed E-state index contributed by atoms with van der Waals surface area (Å²) in [5.74, 6) is 1.94. The minimum absolute atomic E-state index is 0.0204. The van der Waals surface area contributed by atoms with Crippen LogP contribution in [-0.2, 0) is 16.1 Å². The van der Waals surface area contributed by atoms with Crippen LogP contribution in [0.1, 0.15) is 31.7 Å². The lowest BCUT2D eigenvalue weighted by Gasteiger charge is -2.19. The van der Waals surface area contributed by atoms with Crippen molar-refractivity contribution < 1.29 is 9.59 Å². The smallest absolute Gasteiger partial charge is 0.227 e. The van der Waals surface area contributed by atoms with Gasteiger partial charge in [0.05, 0.1) is 0 Å². The van der Waals surface area contributed by atoms with Crippen LogP contribution in [0.3, 0.4) is 0 Å². The molecule has 2 aliphatic carbocycles. The lowest BCUT2D eigenvalue weighted by molar-refractivity contribution is -0.128. The number of hydrogen-bond acceptors (Lipinski definition) is 2. The van der Waals surface area contributed by atoms with E-state index in [0.717, 1.165) is 35.9 Å². The number of anilines is 1. The molecule has 0 aromatic heterocycles. The normalized spacial score (nSPS) is 26.1. The average Bonchev–Trinajstić information content (AvgIpc) is 3.07. The molecule has 2 fully saturated rings. The standard InChI is InChI=1S/C17H22N2O2/c1-11(20)19(2)10-12-5-3-4-6-16(12)18-17(21)15-8-13-7-14(13)9-15/h3-6,13-15H,7-10H2,1-2H3,(H,18,21). The Balaban J connectivity index is 1.67. The second-order valence-electron chi connectivity index (χ2n) is 6.45. The maximum Gasteiger partial charge on any atom is 0.227 e. The first-order valence-electron chi connectivity index (χ1n) is 7.65. The van der Waals surface area contributed by atoms with Crippen LogP contribution in [0.15, 0.2) is 24.3 Å². The van der Waals surface area contributed by atoms with Gasteiger partial charge in [-0.3, -0.25) is 9.59 Å². The molecule has 4 nitrogen and oxygen atoms in total. The summed E-state index contributed by atoms with van der Waals surface area (Å²) < 4.78 is 0. The second-order valence-corrected chi connectivity index (χ2v) is 6.45. The van der Waals surface area contributed by atoms with Gasteiger partial charge in [-0.15, -0.1) is 0 Å². The fourth-order valence-electron chi connectivity index (χ4n) is 3.31. The number of nitrogens with one attached hydrogen (secondary N) is 1. The largest absolute Gasteiger partial charge is 0.342 e. The molecule has 1 aromatic rings. The van der Waals surface area contributed by atoms with Crippen molar-refractivity contribution in [1.29, 1.82) is 0 Å². The van der Waals surface area contributed by atoms with Crippen LogP contribution >= 0.6 is 0 Å². The number of benzene rings is 1. The molecule has 1 N–H and O–H groups in total. The van der Waals surface area contributed by atoms with Gasteiger partial charge in [0.15, 0.2) is 0 Å². The molecule has 0 radical (unpaired) electrons. The van der Waals surface area contributed by atoms with Crippen molar-refractivity contribution in [3.63, 3.8) is 0 Å². The monoisotopic (exact) mass is 286 g/mol. The van der Waals surface area contributed by atoms with Gasteiger partial charge in [-0.2, -0.15) is 0 Å². The molecule has 0 spiro atoms. The van der Waals surface area contributed by atoms with Crippen LogP contribution in [0, 0.1) is 17.8 Å². The Morgan fingerprint density at radius 3 is 2.52 bits per heavy atom. The van der Waals surface area contributed by atoms with Crippen molar-refractivity contribution in [1.82, 2.24) is 4.90 Å². The first-order chi connectivity index (χ1) is 10.0. The molecule has 2 amide bonds. The summed E-state index contributed by atoms with van der Waals surface area (Å²) in [4.78, 5) is 25.4.